The topological polar surface area (TPSA) is 35.5 Å². The summed E-state index contributed by atoms with van der Waals surface area (Å²) in [6, 6.07) is 25.2. The van der Waals surface area contributed by atoms with Gasteiger partial charge in [-0.2, -0.15) is 18.2 Å². The van der Waals surface area contributed by atoms with Gasteiger partial charge in [-0.1, -0.05) is 36.4 Å². The summed E-state index contributed by atoms with van der Waals surface area (Å²) in [5, 5.41) is 0.537. The van der Waals surface area contributed by atoms with Crippen molar-refractivity contribution >= 4 is 12.9 Å². The smallest absolute Gasteiger partial charge is 0.414 e. The quantitative estimate of drug-likeness (QED) is 0.518. The molecule has 0 saturated heterocycles. The fourth-order valence-corrected chi connectivity index (χ4v) is 3.49. The minimum atomic E-state index is -3.47. The van der Waals surface area contributed by atoms with Crippen LogP contribution in [0.2, 0.25) is 0 Å². The predicted octanol–water partition coefficient (Wildman–Crippen LogP) is 4.38. The molecule has 0 aliphatic heterocycles. The van der Waals surface area contributed by atoms with E-state index >= 15 is 0 Å². The second-order valence-corrected chi connectivity index (χ2v) is 6.33. The van der Waals surface area contributed by atoms with Crippen molar-refractivity contribution < 1.29 is 13.6 Å². The van der Waals surface area contributed by atoms with Gasteiger partial charge < -0.3 is 9.05 Å². The Bertz CT molecular complexity index is 676. The predicted molar refractivity (Wildman–Crippen MR) is 83.4 cm³/mol. The molecule has 3 rings (SSSR count). The van der Waals surface area contributed by atoms with Crippen LogP contribution in [0, 0.1) is 0 Å². The lowest BCUT2D eigenvalue weighted by atomic mass is 10.3. The number of rotatable bonds is 5. The molecule has 4 heteroatoms. The maximum Gasteiger partial charge on any atom is 0.437 e. The third-order valence-electron chi connectivity index (χ3n) is 2.90. The van der Waals surface area contributed by atoms with Crippen molar-refractivity contribution in [2.45, 2.75) is 0 Å². The summed E-state index contributed by atoms with van der Waals surface area (Å²) in [5.41, 5.74) is 0. The van der Waals surface area contributed by atoms with E-state index in [0.29, 0.717) is 16.8 Å². The van der Waals surface area contributed by atoms with Crippen molar-refractivity contribution in [2.75, 3.05) is 0 Å². The van der Waals surface area contributed by atoms with E-state index in [1.54, 1.807) is 36.4 Å². The summed E-state index contributed by atoms with van der Waals surface area (Å²) in [4.78, 5) is 0. The highest BCUT2D eigenvalue weighted by atomic mass is 31.2. The van der Waals surface area contributed by atoms with E-state index in [9.17, 15) is 4.57 Å². The van der Waals surface area contributed by atoms with E-state index in [1.807, 2.05) is 48.5 Å². The molecule has 0 atom stereocenters. The summed E-state index contributed by atoms with van der Waals surface area (Å²) in [7, 11) is -3.47. The van der Waals surface area contributed by atoms with Crippen molar-refractivity contribution in [2.24, 2.45) is 0 Å². The van der Waals surface area contributed by atoms with Crippen molar-refractivity contribution in [1.29, 1.82) is 0 Å². The summed E-state index contributed by atoms with van der Waals surface area (Å²) in [6.45, 7) is 0. The highest BCUT2D eigenvalue weighted by molar-refractivity contribution is 7.63. The molecule has 0 spiro atoms. The fourth-order valence-electron chi connectivity index (χ4n) is 1.91. The van der Waals surface area contributed by atoms with Crippen LogP contribution in [-0.2, 0) is 4.57 Å². The van der Waals surface area contributed by atoms with Gasteiger partial charge in [0.1, 0.15) is 11.5 Å². The molecule has 0 unspecified atom stereocenters. The van der Waals surface area contributed by atoms with E-state index in [-0.39, 0.29) is 0 Å². The van der Waals surface area contributed by atoms with Gasteiger partial charge in [-0.05, 0) is 29.6 Å². The summed E-state index contributed by atoms with van der Waals surface area (Å²) in [6.07, 6.45) is 0. The molecule has 0 N–H and O–H groups in total. The molecular weight excluding hydrogens is 283 g/mol. The molecule has 3 nitrogen and oxygen atoms in total. The lowest BCUT2D eigenvalue weighted by molar-refractivity contribution is 0.399. The fraction of sp³-hybridized carbons (Fsp3) is 0. The molecule has 0 heterocycles. The summed E-state index contributed by atoms with van der Waals surface area (Å²) < 4.78 is 24.5. The van der Waals surface area contributed by atoms with Gasteiger partial charge in [0.25, 0.3) is 0 Å². The molecule has 0 aliphatic rings. The maximum atomic E-state index is 13.2. The SMILES string of the molecule is O=P(Oc1ccccc1)(Oc1ccccc1)c1ccc[cH-]1. The van der Waals surface area contributed by atoms with E-state index in [0.717, 1.165) is 0 Å². The first-order valence-corrected chi connectivity index (χ1v) is 8.12. The van der Waals surface area contributed by atoms with Gasteiger partial charge in [-0.3, -0.25) is 0 Å². The van der Waals surface area contributed by atoms with Crippen LogP contribution in [0.25, 0.3) is 0 Å². The Morgan fingerprint density at radius 3 is 1.67 bits per heavy atom. The Labute approximate surface area is 123 Å². The highest BCUT2D eigenvalue weighted by Gasteiger charge is 2.27. The Balaban J connectivity index is 1.94. The van der Waals surface area contributed by atoms with Gasteiger partial charge in [-0.15, -0.1) is 0 Å². The minimum Gasteiger partial charge on any atom is -0.414 e. The lowest BCUT2D eigenvalue weighted by Gasteiger charge is -2.21. The molecule has 0 bridgehead atoms. The van der Waals surface area contributed by atoms with Gasteiger partial charge in [0, 0.05) is 0 Å². The summed E-state index contributed by atoms with van der Waals surface area (Å²) in [5.74, 6) is 1.02. The van der Waals surface area contributed by atoms with Gasteiger partial charge in [0.05, 0.1) is 0 Å². The second kappa shape index (κ2) is 5.94. The van der Waals surface area contributed by atoms with Crippen LogP contribution in [0.1, 0.15) is 0 Å². The Morgan fingerprint density at radius 2 is 1.24 bits per heavy atom. The molecular formula is C17H14O3P-. The molecule has 106 valence electrons. The largest absolute Gasteiger partial charge is 0.437 e. The average Bonchev–Trinajstić information content (AvgIpc) is 3.04. The third kappa shape index (κ3) is 3.21. The monoisotopic (exact) mass is 297 g/mol. The van der Waals surface area contributed by atoms with Crippen LogP contribution in [-0.4, -0.2) is 0 Å². The Morgan fingerprint density at radius 1 is 0.714 bits per heavy atom. The number of hydrogen-bond donors (Lipinski definition) is 0. The molecule has 0 radical (unpaired) electrons. The first kappa shape index (κ1) is 13.6. The molecule has 3 aromatic carbocycles. The molecule has 3 aromatic rings. The number of hydrogen-bond acceptors (Lipinski definition) is 3. The maximum absolute atomic E-state index is 13.2. The van der Waals surface area contributed by atoms with Gasteiger partial charge in [0.15, 0.2) is 0 Å². The van der Waals surface area contributed by atoms with Crippen LogP contribution in [0.15, 0.2) is 84.9 Å². The van der Waals surface area contributed by atoms with Crippen molar-refractivity contribution in [3.63, 3.8) is 0 Å². The van der Waals surface area contributed by atoms with E-state index in [1.165, 1.54) is 0 Å². The highest BCUT2D eigenvalue weighted by Crippen LogP contribution is 2.47. The third-order valence-corrected chi connectivity index (χ3v) is 4.73. The van der Waals surface area contributed by atoms with Crippen LogP contribution in [0.5, 0.6) is 11.5 Å². The van der Waals surface area contributed by atoms with Crippen LogP contribution >= 0.6 is 7.60 Å². The lowest BCUT2D eigenvalue weighted by Crippen LogP contribution is -2.12. The standard InChI is InChI=1S/C17H14O3P/c18-21(17-13-7-8-14-17,19-15-9-3-1-4-10-15)20-16-11-5-2-6-12-16/h1-14H/q-1. The van der Waals surface area contributed by atoms with Crippen molar-refractivity contribution in [3.05, 3.63) is 84.9 Å². The Kier molecular flexibility index (Phi) is 3.85. The van der Waals surface area contributed by atoms with Crippen molar-refractivity contribution in [3.8, 4) is 11.5 Å². The van der Waals surface area contributed by atoms with E-state index in [2.05, 4.69) is 0 Å². The van der Waals surface area contributed by atoms with Crippen LogP contribution < -0.4 is 14.4 Å². The summed E-state index contributed by atoms with van der Waals surface area (Å²) >= 11 is 0. The minimum absolute atomic E-state index is 0.512. The second-order valence-electron chi connectivity index (χ2n) is 4.45. The van der Waals surface area contributed by atoms with E-state index < -0.39 is 7.60 Å². The first-order chi connectivity index (χ1) is 10.3. The average molecular weight is 297 g/mol. The molecule has 0 amide bonds. The number of benzene rings is 2. The molecule has 21 heavy (non-hydrogen) atoms. The normalized spacial score (nSPS) is 11.0. The molecule has 0 aliphatic carbocycles. The first-order valence-electron chi connectivity index (χ1n) is 6.58. The zero-order chi connectivity index (χ0) is 14.5. The van der Waals surface area contributed by atoms with Gasteiger partial charge in [-0.25, -0.2) is 10.6 Å². The van der Waals surface area contributed by atoms with Gasteiger partial charge in [0.2, 0.25) is 0 Å². The zero-order valence-corrected chi connectivity index (χ0v) is 12.1. The molecule has 0 aromatic heterocycles. The molecule has 0 fully saturated rings. The van der Waals surface area contributed by atoms with Crippen LogP contribution in [0.3, 0.4) is 0 Å². The van der Waals surface area contributed by atoms with Crippen LogP contribution in [0.4, 0.5) is 0 Å². The van der Waals surface area contributed by atoms with E-state index in [4.69, 9.17) is 9.05 Å². The molecule has 0 saturated carbocycles. The van der Waals surface area contributed by atoms with Crippen molar-refractivity contribution in [1.82, 2.24) is 0 Å². The Hall–Kier alpha value is -2.38. The van der Waals surface area contributed by atoms with Gasteiger partial charge >= 0.3 is 7.60 Å². The number of para-hydroxylation sites is 2. The zero-order valence-electron chi connectivity index (χ0n) is 11.3.